The van der Waals surface area contributed by atoms with Crippen LogP contribution in [0.5, 0.6) is 0 Å². The number of morpholine rings is 1. The van der Waals surface area contributed by atoms with Crippen molar-refractivity contribution in [2.45, 2.75) is 23.7 Å². The van der Waals surface area contributed by atoms with E-state index in [1.54, 1.807) is 6.07 Å². The van der Waals surface area contributed by atoms with Gasteiger partial charge in [0.05, 0.1) is 23.0 Å². The zero-order chi connectivity index (χ0) is 23.0. The van der Waals surface area contributed by atoms with Crippen molar-refractivity contribution in [3.8, 4) is 0 Å². The molecule has 0 N–H and O–H groups in total. The Labute approximate surface area is 190 Å². The van der Waals surface area contributed by atoms with Crippen LogP contribution >= 0.6 is 0 Å². The molecule has 0 saturated carbocycles. The lowest BCUT2D eigenvalue weighted by atomic mass is 9.96. The molecule has 1 unspecified atom stereocenters. The normalized spacial score (nSPS) is 20.2. The number of nitro groups is 1. The fourth-order valence-electron chi connectivity index (χ4n) is 4.56. The lowest BCUT2D eigenvalue weighted by Crippen LogP contribution is -2.40. The van der Waals surface area contributed by atoms with E-state index in [-0.39, 0.29) is 29.6 Å². The van der Waals surface area contributed by atoms with E-state index in [1.807, 2.05) is 33.7 Å². The monoisotopic (exact) mass is 472 g/mol. The van der Waals surface area contributed by atoms with E-state index in [0.29, 0.717) is 32.0 Å². The molecule has 0 bridgehead atoms. The Morgan fingerprint density at radius 2 is 1.91 bits per heavy atom. The summed E-state index contributed by atoms with van der Waals surface area (Å²) in [6.45, 7) is 2.27. The van der Waals surface area contributed by atoms with Crippen molar-refractivity contribution in [2.75, 3.05) is 44.3 Å². The summed E-state index contributed by atoms with van der Waals surface area (Å²) in [5.41, 5.74) is 0.962. The zero-order valence-electron chi connectivity index (χ0n) is 17.9. The Kier molecular flexibility index (Phi) is 5.72. The van der Waals surface area contributed by atoms with Gasteiger partial charge in [-0.05, 0) is 37.1 Å². The number of hydrogen-bond acceptors (Lipinski definition) is 8. The summed E-state index contributed by atoms with van der Waals surface area (Å²) >= 11 is 0. The molecule has 11 nitrogen and oxygen atoms in total. The van der Waals surface area contributed by atoms with Crippen molar-refractivity contribution in [3.05, 3.63) is 58.5 Å². The highest BCUT2D eigenvalue weighted by molar-refractivity contribution is 7.89. The molecule has 1 atom stereocenters. The molecule has 174 valence electrons. The molecule has 2 fully saturated rings. The van der Waals surface area contributed by atoms with Crippen LogP contribution < -0.4 is 4.90 Å². The standard InChI is InChI=1S/C21H24N6O5S/c28-27(29)19-14-17(33(30,31)25-10-12-32-13-11-25)6-7-18(19)24-8-3-4-16(15-24)21-23-22-20-5-1-2-9-26(20)21/h1-2,5-7,9,14,16H,3-4,8,10-13,15H2. The Bertz CT molecular complexity index is 1290. The molecular formula is C21H24N6O5S. The van der Waals surface area contributed by atoms with E-state index in [4.69, 9.17) is 4.74 Å². The molecule has 2 aliphatic heterocycles. The van der Waals surface area contributed by atoms with Gasteiger partial charge in [-0.3, -0.25) is 14.5 Å². The number of aromatic nitrogens is 3. The van der Waals surface area contributed by atoms with Gasteiger partial charge in [0, 0.05) is 44.4 Å². The van der Waals surface area contributed by atoms with Gasteiger partial charge in [0.25, 0.3) is 5.69 Å². The highest BCUT2D eigenvalue weighted by Gasteiger charge is 2.32. The van der Waals surface area contributed by atoms with Gasteiger partial charge in [0.15, 0.2) is 5.65 Å². The molecule has 5 rings (SSSR count). The molecule has 0 spiro atoms. The van der Waals surface area contributed by atoms with Crippen molar-refractivity contribution < 1.29 is 18.1 Å². The smallest absolute Gasteiger partial charge is 0.293 e. The van der Waals surface area contributed by atoms with Crippen molar-refractivity contribution in [1.29, 1.82) is 0 Å². The van der Waals surface area contributed by atoms with Gasteiger partial charge in [-0.25, -0.2) is 8.42 Å². The number of fused-ring (bicyclic) bond motifs is 1. The van der Waals surface area contributed by atoms with Crippen molar-refractivity contribution in [3.63, 3.8) is 0 Å². The molecule has 3 aromatic rings. The Hall–Kier alpha value is -3.09. The largest absolute Gasteiger partial charge is 0.379 e. The molecule has 12 heteroatoms. The molecule has 0 aliphatic carbocycles. The summed E-state index contributed by atoms with van der Waals surface area (Å²) in [6, 6.07) is 9.89. The lowest BCUT2D eigenvalue weighted by Gasteiger charge is -2.33. The summed E-state index contributed by atoms with van der Waals surface area (Å²) < 4.78 is 34.5. The van der Waals surface area contributed by atoms with Gasteiger partial charge in [-0.15, -0.1) is 10.2 Å². The highest BCUT2D eigenvalue weighted by atomic mass is 32.2. The quantitative estimate of drug-likeness (QED) is 0.408. The summed E-state index contributed by atoms with van der Waals surface area (Å²) in [5, 5.41) is 20.5. The minimum absolute atomic E-state index is 0.0486. The first kappa shape index (κ1) is 21.7. The van der Waals surface area contributed by atoms with Crippen LogP contribution in [0.3, 0.4) is 0 Å². The highest BCUT2D eigenvalue weighted by Crippen LogP contribution is 2.36. The second-order valence-corrected chi connectivity index (χ2v) is 10.1. The topological polar surface area (TPSA) is 123 Å². The number of benzene rings is 1. The average molecular weight is 473 g/mol. The van der Waals surface area contributed by atoms with Gasteiger partial charge in [-0.2, -0.15) is 4.31 Å². The summed E-state index contributed by atoms with van der Waals surface area (Å²) in [7, 11) is -3.83. The predicted molar refractivity (Wildman–Crippen MR) is 120 cm³/mol. The molecule has 1 aromatic carbocycles. The van der Waals surface area contributed by atoms with Crippen molar-refractivity contribution in [1.82, 2.24) is 18.9 Å². The van der Waals surface area contributed by atoms with Crippen LogP contribution in [0.25, 0.3) is 5.65 Å². The van der Waals surface area contributed by atoms with E-state index < -0.39 is 14.9 Å². The molecule has 4 heterocycles. The third kappa shape index (κ3) is 4.05. The molecule has 0 amide bonds. The maximum atomic E-state index is 13.0. The third-order valence-corrected chi connectivity index (χ3v) is 8.11. The van der Waals surface area contributed by atoms with Gasteiger partial charge in [-0.1, -0.05) is 6.07 Å². The van der Waals surface area contributed by atoms with Crippen LogP contribution in [0.2, 0.25) is 0 Å². The fourth-order valence-corrected chi connectivity index (χ4v) is 5.99. The van der Waals surface area contributed by atoms with Gasteiger partial charge >= 0.3 is 0 Å². The second-order valence-electron chi connectivity index (χ2n) is 8.20. The first-order chi connectivity index (χ1) is 15.9. The van der Waals surface area contributed by atoms with Crippen LogP contribution in [-0.4, -0.2) is 71.6 Å². The molecule has 0 radical (unpaired) electrons. The molecule has 2 saturated heterocycles. The molecule has 2 aliphatic rings. The number of rotatable bonds is 5. The number of nitro benzene ring substituents is 1. The lowest BCUT2D eigenvalue weighted by molar-refractivity contribution is -0.384. The number of nitrogens with zero attached hydrogens (tertiary/aromatic N) is 6. The maximum Gasteiger partial charge on any atom is 0.293 e. The molecular weight excluding hydrogens is 448 g/mol. The molecule has 33 heavy (non-hydrogen) atoms. The fraction of sp³-hybridized carbons (Fsp3) is 0.429. The van der Waals surface area contributed by atoms with E-state index in [0.717, 1.165) is 24.3 Å². The van der Waals surface area contributed by atoms with E-state index >= 15 is 0 Å². The van der Waals surface area contributed by atoms with Crippen molar-refractivity contribution >= 4 is 27.0 Å². The average Bonchev–Trinajstić information content (AvgIpc) is 3.28. The number of pyridine rings is 1. The third-order valence-electron chi connectivity index (χ3n) is 6.22. The first-order valence-electron chi connectivity index (χ1n) is 10.9. The summed E-state index contributed by atoms with van der Waals surface area (Å²) in [6.07, 6.45) is 3.64. The number of ether oxygens (including phenoxy) is 1. The zero-order valence-corrected chi connectivity index (χ0v) is 18.7. The summed E-state index contributed by atoms with van der Waals surface area (Å²) in [5.74, 6) is 0.872. The van der Waals surface area contributed by atoms with Crippen LogP contribution in [0, 0.1) is 10.1 Å². The SMILES string of the molecule is O=[N+]([O-])c1cc(S(=O)(=O)N2CCOCC2)ccc1N1CCCC(c2nnc3ccccn23)C1. The van der Waals surface area contributed by atoms with Crippen LogP contribution in [-0.2, 0) is 14.8 Å². The van der Waals surface area contributed by atoms with Gasteiger partial charge in [0.1, 0.15) is 11.5 Å². The number of anilines is 1. The number of hydrogen-bond donors (Lipinski definition) is 0. The first-order valence-corrected chi connectivity index (χ1v) is 12.3. The summed E-state index contributed by atoms with van der Waals surface area (Å²) in [4.78, 5) is 13.3. The van der Waals surface area contributed by atoms with E-state index in [1.165, 1.54) is 16.4 Å². The Balaban J connectivity index is 1.45. The minimum Gasteiger partial charge on any atom is -0.379 e. The van der Waals surface area contributed by atoms with Crippen LogP contribution in [0.4, 0.5) is 11.4 Å². The van der Waals surface area contributed by atoms with Crippen molar-refractivity contribution in [2.24, 2.45) is 0 Å². The maximum absolute atomic E-state index is 13.0. The second kappa shape index (κ2) is 8.69. The predicted octanol–water partition coefficient (Wildman–Crippen LogP) is 2.04. The molecule has 2 aromatic heterocycles. The minimum atomic E-state index is -3.83. The van der Waals surface area contributed by atoms with Gasteiger partial charge in [0.2, 0.25) is 10.0 Å². The number of sulfonamides is 1. The number of piperidine rings is 1. The Morgan fingerprint density at radius 3 is 2.70 bits per heavy atom. The van der Waals surface area contributed by atoms with Crippen LogP contribution in [0.15, 0.2) is 47.5 Å². The van der Waals surface area contributed by atoms with E-state index in [9.17, 15) is 18.5 Å². The van der Waals surface area contributed by atoms with Gasteiger partial charge < -0.3 is 9.64 Å². The van der Waals surface area contributed by atoms with Crippen LogP contribution in [0.1, 0.15) is 24.6 Å². The Morgan fingerprint density at radius 1 is 1.09 bits per heavy atom. The van der Waals surface area contributed by atoms with E-state index in [2.05, 4.69) is 10.2 Å².